The molecule has 2 aromatic rings. The number of para-hydroxylation sites is 1. The zero-order valence-corrected chi connectivity index (χ0v) is 12.5. The first-order chi connectivity index (χ1) is 9.22. The standard InChI is InChI=1S/C14H12BrNO2S/c15-13-6-10(8-19-13)14(17)16-7-11-5-9-3-1-2-4-12(9)18-11/h1-4,6,8,11H,5,7H2,(H,16,17). The van der Waals surface area contributed by atoms with Crippen LogP contribution in [0.3, 0.4) is 0 Å². The first-order valence-electron chi connectivity index (χ1n) is 5.99. The molecule has 0 saturated heterocycles. The monoisotopic (exact) mass is 337 g/mol. The van der Waals surface area contributed by atoms with Crippen LogP contribution >= 0.6 is 27.3 Å². The third-order valence-electron chi connectivity index (χ3n) is 3.03. The molecule has 0 bridgehead atoms. The van der Waals surface area contributed by atoms with Crippen molar-refractivity contribution in [3.63, 3.8) is 0 Å². The number of rotatable bonds is 3. The Morgan fingerprint density at radius 1 is 1.47 bits per heavy atom. The molecule has 0 radical (unpaired) electrons. The molecule has 1 aromatic carbocycles. The van der Waals surface area contributed by atoms with E-state index in [2.05, 4.69) is 27.3 Å². The number of carbonyl (C=O) groups is 1. The SMILES string of the molecule is O=C(NCC1Cc2ccccc2O1)c1csc(Br)c1. The number of thiophene rings is 1. The van der Waals surface area contributed by atoms with Crippen LogP contribution in [0.25, 0.3) is 0 Å². The molecule has 1 amide bonds. The van der Waals surface area contributed by atoms with Crippen LogP contribution in [0.5, 0.6) is 5.75 Å². The zero-order valence-electron chi connectivity index (χ0n) is 10.1. The lowest BCUT2D eigenvalue weighted by molar-refractivity contribution is 0.0934. The Labute approximate surface area is 123 Å². The van der Waals surface area contributed by atoms with Gasteiger partial charge in [-0.15, -0.1) is 11.3 Å². The van der Waals surface area contributed by atoms with Gasteiger partial charge in [-0.1, -0.05) is 18.2 Å². The summed E-state index contributed by atoms with van der Waals surface area (Å²) in [5, 5.41) is 4.75. The number of halogens is 1. The maximum atomic E-state index is 11.9. The van der Waals surface area contributed by atoms with Crippen molar-refractivity contribution < 1.29 is 9.53 Å². The van der Waals surface area contributed by atoms with Gasteiger partial charge in [-0.2, -0.15) is 0 Å². The van der Waals surface area contributed by atoms with Crippen LogP contribution < -0.4 is 10.1 Å². The van der Waals surface area contributed by atoms with Gasteiger partial charge in [0.25, 0.3) is 5.91 Å². The molecule has 2 heterocycles. The van der Waals surface area contributed by atoms with E-state index in [4.69, 9.17) is 4.74 Å². The Hall–Kier alpha value is -1.33. The summed E-state index contributed by atoms with van der Waals surface area (Å²) in [5.74, 6) is 0.876. The van der Waals surface area contributed by atoms with Crippen molar-refractivity contribution in [1.29, 1.82) is 0 Å². The molecule has 3 rings (SSSR count). The van der Waals surface area contributed by atoms with Gasteiger partial charge in [-0.3, -0.25) is 4.79 Å². The zero-order chi connectivity index (χ0) is 13.2. The van der Waals surface area contributed by atoms with Crippen molar-refractivity contribution >= 4 is 33.2 Å². The Bertz CT molecular complexity index is 586. The number of nitrogens with one attached hydrogen (secondary N) is 1. The van der Waals surface area contributed by atoms with Crippen LogP contribution in [0, 0.1) is 0 Å². The van der Waals surface area contributed by atoms with E-state index in [0.29, 0.717) is 12.1 Å². The molecule has 1 aliphatic rings. The average molecular weight is 338 g/mol. The maximum absolute atomic E-state index is 11.9. The fourth-order valence-corrected chi connectivity index (χ4v) is 3.24. The summed E-state index contributed by atoms with van der Waals surface area (Å²) in [5.41, 5.74) is 1.90. The highest BCUT2D eigenvalue weighted by Gasteiger charge is 2.22. The van der Waals surface area contributed by atoms with Gasteiger partial charge in [0.1, 0.15) is 11.9 Å². The van der Waals surface area contributed by atoms with Crippen molar-refractivity contribution in [2.75, 3.05) is 6.54 Å². The topological polar surface area (TPSA) is 38.3 Å². The van der Waals surface area contributed by atoms with E-state index in [1.54, 1.807) is 0 Å². The summed E-state index contributed by atoms with van der Waals surface area (Å²) < 4.78 is 6.74. The number of ether oxygens (including phenoxy) is 1. The fourth-order valence-electron chi connectivity index (χ4n) is 2.11. The largest absolute Gasteiger partial charge is 0.488 e. The second kappa shape index (κ2) is 5.35. The van der Waals surface area contributed by atoms with E-state index < -0.39 is 0 Å². The van der Waals surface area contributed by atoms with Crippen molar-refractivity contribution in [1.82, 2.24) is 5.32 Å². The maximum Gasteiger partial charge on any atom is 0.252 e. The lowest BCUT2D eigenvalue weighted by Crippen LogP contribution is -2.34. The molecule has 98 valence electrons. The van der Waals surface area contributed by atoms with E-state index in [9.17, 15) is 4.79 Å². The summed E-state index contributed by atoms with van der Waals surface area (Å²) in [7, 11) is 0. The number of fused-ring (bicyclic) bond motifs is 1. The van der Waals surface area contributed by atoms with Gasteiger partial charge in [0.05, 0.1) is 15.9 Å². The van der Waals surface area contributed by atoms with Crippen LogP contribution in [0.2, 0.25) is 0 Å². The Balaban J connectivity index is 1.56. The third kappa shape index (κ3) is 2.82. The summed E-state index contributed by atoms with van der Waals surface area (Å²) in [6.07, 6.45) is 0.882. The van der Waals surface area contributed by atoms with Gasteiger partial charge >= 0.3 is 0 Å². The summed E-state index contributed by atoms with van der Waals surface area (Å²) in [4.78, 5) is 11.9. The lowest BCUT2D eigenvalue weighted by Gasteiger charge is -2.11. The Kier molecular flexibility index (Phi) is 3.57. The predicted molar refractivity (Wildman–Crippen MR) is 78.9 cm³/mol. The van der Waals surface area contributed by atoms with Gasteiger partial charge in [-0.05, 0) is 33.6 Å². The minimum absolute atomic E-state index is 0.0310. The molecule has 1 aromatic heterocycles. The lowest BCUT2D eigenvalue weighted by atomic mass is 10.1. The molecule has 1 N–H and O–H groups in total. The van der Waals surface area contributed by atoms with Gasteiger partial charge in [-0.25, -0.2) is 0 Å². The predicted octanol–water partition coefficient (Wildman–Crippen LogP) is 3.24. The number of benzene rings is 1. The molecule has 1 atom stereocenters. The number of hydrogen-bond donors (Lipinski definition) is 1. The first-order valence-corrected chi connectivity index (χ1v) is 7.66. The molecule has 0 fully saturated rings. The normalized spacial score (nSPS) is 16.8. The van der Waals surface area contributed by atoms with E-state index in [1.165, 1.54) is 16.9 Å². The molecule has 0 spiro atoms. The molecule has 1 aliphatic heterocycles. The summed E-state index contributed by atoms with van der Waals surface area (Å²) >= 11 is 4.86. The first kappa shape index (κ1) is 12.7. The van der Waals surface area contributed by atoms with E-state index in [0.717, 1.165) is 16.0 Å². The third-order valence-corrected chi connectivity index (χ3v) is 4.54. The number of amides is 1. The van der Waals surface area contributed by atoms with Crippen LogP contribution in [-0.4, -0.2) is 18.6 Å². The van der Waals surface area contributed by atoms with E-state index in [1.807, 2.05) is 29.6 Å². The Morgan fingerprint density at radius 3 is 3.05 bits per heavy atom. The van der Waals surface area contributed by atoms with Crippen molar-refractivity contribution in [2.24, 2.45) is 0 Å². The number of hydrogen-bond acceptors (Lipinski definition) is 3. The molecular formula is C14H12BrNO2S. The molecule has 0 aliphatic carbocycles. The van der Waals surface area contributed by atoms with Gasteiger partial charge < -0.3 is 10.1 Å². The molecule has 3 nitrogen and oxygen atoms in total. The minimum Gasteiger partial charge on any atom is -0.488 e. The second-order valence-electron chi connectivity index (χ2n) is 4.40. The summed E-state index contributed by atoms with van der Waals surface area (Å²) in [6.45, 7) is 0.529. The highest BCUT2D eigenvalue weighted by Crippen LogP contribution is 2.27. The van der Waals surface area contributed by atoms with Crippen LogP contribution in [0.15, 0.2) is 39.5 Å². The van der Waals surface area contributed by atoms with Crippen molar-refractivity contribution in [2.45, 2.75) is 12.5 Å². The van der Waals surface area contributed by atoms with Gasteiger partial charge in [0.2, 0.25) is 0 Å². The van der Waals surface area contributed by atoms with Crippen molar-refractivity contribution in [3.8, 4) is 5.75 Å². The molecule has 0 saturated carbocycles. The smallest absolute Gasteiger partial charge is 0.252 e. The van der Waals surface area contributed by atoms with Crippen LogP contribution in [0.4, 0.5) is 0 Å². The quantitative estimate of drug-likeness (QED) is 0.933. The van der Waals surface area contributed by atoms with Gasteiger partial charge in [0.15, 0.2) is 0 Å². The van der Waals surface area contributed by atoms with Crippen LogP contribution in [-0.2, 0) is 6.42 Å². The number of carbonyl (C=O) groups excluding carboxylic acids is 1. The van der Waals surface area contributed by atoms with E-state index >= 15 is 0 Å². The van der Waals surface area contributed by atoms with Crippen molar-refractivity contribution in [3.05, 3.63) is 50.6 Å². The highest BCUT2D eigenvalue weighted by molar-refractivity contribution is 9.11. The second-order valence-corrected chi connectivity index (χ2v) is 6.69. The Morgan fingerprint density at radius 2 is 2.32 bits per heavy atom. The summed E-state index contributed by atoms with van der Waals surface area (Å²) in [6, 6.07) is 9.82. The molecular weight excluding hydrogens is 326 g/mol. The minimum atomic E-state index is -0.0542. The van der Waals surface area contributed by atoms with Crippen LogP contribution in [0.1, 0.15) is 15.9 Å². The van der Waals surface area contributed by atoms with Gasteiger partial charge in [0, 0.05) is 11.8 Å². The average Bonchev–Trinajstić information content (AvgIpc) is 3.01. The molecule has 5 heteroatoms. The molecule has 19 heavy (non-hydrogen) atoms. The molecule has 1 unspecified atom stereocenters. The van der Waals surface area contributed by atoms with E-state index in [-0.39, 0.29) is 12.0 Å². The fraction of sp³-hybridized carbons (Fsp3) is 0.214. The highest BCUT2D eigenvalue weighted by atomic mass is 79.9.